The molecule has 1 saturated heterocycles. The number of amides is 1. The van der Waals surface area contributed by atoms with Gasteiger partial charge in [0, 0.05) is 42.5 Å². The van der Waals surface area contributed by atoms with E-state index in [1.807, 2.05) is 0 Å². The van der Waals surface area contributed by atoms with E-state index >= 15 is 0 Å². The Kier molecular flexibility index (Phi) is 7.20. The zero-order valence-electron chi connectivity index (χ0n) is 22.0. The minimum absolute atomic E-state index is 0.0417. The van der Waals surface area contributed by atoms with Gasteiger partial charge in [0.1, 0.15) is 28.8 Å². The second kappa shape index (κ2) is 10.8. The van der Waals surface area contributed by atoms with Crippen LogP contribution in [0, 0.1) is 18.6 Å². The van der Waals surface area contributed by atoms with Crippen molar-refractivity contribution in [1.82, 2.24) is 19.4 Å². The van der Waals surface area contributed by atoms with E-state index in [-0.39, 0.29) is 30.2 Å². The zero-order valence-corrected chi connectivity index (χ0v) is 22.0. The third-order valence-corrected chi connectivity index (χ3v) is 6.94. The van der Waals surface area contributed by atoms with Crippen molar-refractivity contribution in [2.75, 3.05) is 27.3 Å². The first-order chi connectivity index (χ1) is 19.2. The number of carbonyl (C=O) groups excluding carboxylic acids is 1. The maximum Gasteiger partial charge on any atom is 0.290 e. The summed E-state index contributed by atoms with van der Waals surface area (Å²) in [6.45, 7) is 2.03. The highest BCUT2D eigenvalue weighted by Crippen LogP contribution is 2.39. The molecule has 0 aliphatic carbocycles. The third-order valence-electron chi connectivity index (χ3n) is 6.94. The average Bonchev–Trinajstić information content (AvgIpc) is 3.42. The summed E-state index contributed by atoms with van der Waals surface area (Å²) in [4.78, 5) is 36.8. The molecule has 2 aromatic carbocycles. The van der Waals surface area contributed by atoms with E-state index in [2.05, 4.69) is 9.97 Å². The summed E-state index contributed by atoms with van der Waals surface area (Å²) < 4.78 is 40.2. The summed E-state index contributed by atoms with van der Waals surface area (Å²) in [6, 6.07) is 11.6. The lowest BCUT2D eigenvalue weighted by Crippen LogP contribution is -2.34. The molecule has 2 aromatic heterocycles. The number of para-hydroxylation sites is 1. The van der Waals surface area contributed by atoms with Gasteiger partial charge in [0.2, 0.25) is 5.88 Å². The summed E-state index contributed by atoms with van der Waals surface area (Å²) in [5.74, 6) is -2.60. The minimum atomic E-state index is -0.937. The molecule has 9 nitrogen and oxygen atoms in total. The molecule has 1 N–H and O–H groups in total. The summed E-state index contributed by atoms with van der Waals surface area (Å²) in [7, 11) is 2.87. The molecule has 1 aliphatic heterocycles. The van der Waals surface area contributed by atoms with E-state index in [9.17, 15) is 23.5 Å². The number of rotatable bonds is 6. The van der Waals surface area contributed by atoms with Gasteiger partial charge in [-0.25, -0.2) is 8.78 Å². The number of aromatic nitrogens is 3. The molecule has 0 bridgehead atoms. The van der Waals surface area contributed by atoms with Crippen LogP contribution in [-0.2, 0) is 0 Å². The molecule has 0 radical (unpaired) electrons. The predicted octanol–water partition coefficient (Wildman–Crippen LogP) is 4.23. The number of hydrogen-bond donors (Lipinski definition) is 1. The maximum absolute atomic E-state index is 14.4. The number of carbonyl (C=O) groups is 1. The Hall–Kier alpha value is -4.80. The molecule has 4 aromatic rings. The first-order valence-electron chi connectivity index (χ1n) is 12.5. The van der Waals surface area contributed by atoms with Crippen LogP contribution in [0.3, 0.4) is 0 Å². The van der Waals surface area contributed by atoms with Gasteiger partial charge in [-0.15, -0.1) is 0 Å². The summed E-state index contributed by atoms with van der Waals surface area (Å²) >= 11 is 0. The lowest BCUT2D eigenvalue weighted by molar-refractivity contribution is 0.0784. The topological polar surface area (TPSA) is 107 Å². The number of methoxy groups -OCH3 is 2. The highest BCUT2D eigenvalue weighted by Gasteiger charge is 2.34. The second-order valence-corrected chi connectivity index (χ2v) is 9.37. The Balaban J connectivity index is 1.65. The van der Waals surface area contributed by atoms with Crippen LogP contribution in [0.15, 0.2) is 59.5 Å². The molecule has 1 unspecified atom stereocenters. The molecule has 5 rings (SSSR count). The normalized spacial score (nSPS) is 14.8. The second-order valence-electron chi connectivity index (χ2n) is 9.37. The molecule has 206 valence electrons. The predicted molar refractivity (Wildman–Crippen MR) is 142 cm³/mol. The molecule has 0 spiro atoms. The van der Waals surface area contributed by atoms with Crippen LogP contribution in [0.2, 0.25) is 0 Å². The highest BCUT2D eigenvalue weighted by atomic mass is 19.1. The fourth-order valence-corrected chi connectivity index (χ4v) is 5.03. The van der Waals surface area contributed by atoms with E-state index in [1.165, 1.54) is 35.9 Å². The van der Waals surface area contributed by atoms with Crippen molar-refractivity contribution < 1.29 is 28.2 Å². The standard InChI is InChI=1S/C29H26F2N4O5/c1-16-13-17(9-11-32-16)26-33-27(36)24(29(38)35(26)25-22(39-2)5-4-6-23(25)40-3)28(37)34-12-10-18(15-34)20-8-7-19(30)14-21(20)31/h4-9,11,13-14,18,38H,10,12,15H2,1-3H3. The summed E-state index contributed by atoms with van der Waals surface area (Å²) in [5, 5.41) is 11.6. The molecule has 3 heterocycles. The number of pyridine rings is 1. The Bertz CT molecular complexity index is 1650. The van der Waals surface area contributed by atoms with E-state index in [0.29, 0.717) is 29.2 Å². The van der Waals surface area contributed by atoms with Crippen LogP contribution in [-0.4, -0.2) is 57.8 Å². The van der Waals surface area contributed by atoms with Crippen molar-refractivity contribution in [3.8, 4) is 34.5 Å². The largest absolute Gasteiger partial charge is 0.494 e. The number of ether oxygens (including phenoxy) is 2. The molecule has 11 heteroatoms. The van der Waals surface area contributed by atoms with Gasteiger partial charge in [-0.1, -0.05) is 12.1 Å². The first kappa shape index (κ1) is 26.8. The van der Waals surface area contributed by atoms with Crippen LogP contribution in [0.4, 0.5) is 8.78 Å². The van der Waals surface area contributed by atoms with Crippen LogP contribution in [0.5, 0.6) is 17.4 Å². The maximum atomic E-state index is 14.4. The van der Waals surface area contributed by atoms with Crippen LogP contribution < -0.4 is 15.0 Å². The number of halogens is 2. The lowest BCUT2D eigenvalue weighted by Gasteiger charge is -2.22. The molecule has 1 fully saturated rings. The molecule has 1 aliphatic rings. The Morgan fingerprint density at radius 2 is 1.80 bits per heavy atom. The van der Waals surface area contributed by atoms with Gasteiger partial charge in [-0.05, 0) is 49.2 Å². The number of hydrogen-bond acceptors (Lipinski definition) is 7. The monoisotopic (exact) mass is 548 g/mol. The SMILES string of the molecule is COc1cccc(OC)c1-n1c(-c2ccnc(C)c2)nc(=O)c(C(=O)N2CCC(c3ccc(F)cc3F)C2)c1O. The van der Waals surface area contributed by atoms with Gasteiger partial charge in [0.05, 0.1) is 14.2 Å². The molecule has 1 amide bonds. The van der Waals surface area contributed by atoms with E-state index < -0.39 is 40.5 Å². The molecule has 0 saturated carbocycles. The summed E-state index contributed by atoms with van der Waals surface area (Å²) in [5.41, 5.74) is 0.111. The van der Waals surface area contributed by atoms with Crippen LogP contribution >= 0.6 is 0 Å². The smallest absolute Gasteiger partial charge is 0.290 e. The molecular weight excluding hydrogens is 522 g/mol. The molecule has 1 atom stereocenters. The fraction of sp³-hybridized carbons (Fsp3) is 0.241. The van der Waals surface area contributed by atoms with Gasteiger partial charge < -0.3 is 19.5 Å². The lowest BCUT2D eigenvalue weighted by atomic mass is 9.98. The Morgan fingerprint density at radius 3 is 2.45 bits per heavy atom. The molecular formula is C29H26F2N4O5. The third kappa shape index (κ3) is 4.74. The number of benzene rings is 2. The number of nitrogens with zero attached hydrogens (tertiary/aromatic N) is 4. The Morgan fingerprint density at radius 1 is 1.07 bits per heavy atom. The van der Waals surface area contributed by atoms with Gasteiger partial charge in [-0.3, -0.25) is 19.1 Å². The van der Waals surface area contributed by atoms with Crippen molar-refractivity contribution in [2.24, 2.45) is 0 Å². The van der Waals surface area contributed by atoms with E-state index in [1.54, 1.807) is 37.3 Å². The molecule has 40 heavy (non-hydrogen) atoms. The zero-order chi connectivity index (χ0) is 28.6. The van der Waals surface area contributed by atoms with Crippen molar-refractivity contribution in [1.29, 1.82) is 0 Å². The van der Waals surface area contributed by atoms with Crippen LogP contribution in [0.1, 0.15) is 34.0 Å². The average molecular weight is 549 g/mol. The van der Waals surface area contributed by atoms with Crippen LogP contribution in [0.25, 0.3) is 17.1 Å². The highest BCUT2D eigenvalue weighted by molar-refractivity contribution is 5.97. The first-order valence-corrected chi connectivity index (χ1v) is 12.5. The van der Waals surface area contributed by atoms with E-state index in [4.69, 9.17) is 9.47 Å². The van der Waals surface area contributed by atoms with Gasteiger partial charge in [-0.2, -0.15) is 4.98 Å². The van der Waals surface area contributed by atoms with Crippen molar-refractivity contribution in [2.45, 2.75) is 19.3 Å². The number of aryl methyl sites for hydroxylation is 1. The summed E-state index contributed by atoms with van der Waals surface area (Å²) in [6.07, 6.45) is 1.93. The van der Waals surface area contributed by atoms with Crippen molar-refractivity contribution in [3.63, 3.8) is 0 Å². The van der Waals surface area contributed by atoms with Gasteiger partial charge in [0.15, 0.2) is 11.4 Å². The van der Waals surface area contributed by atoms with Gasteiger partial charge >= 0.3 is 0 Å². The Labute approximate surface area is 228 Å². The van der Waals surface area contributed by atoms with Gasteiger partial charge in [0.25, 0.3) is 11.5 Å². The van der Waals surface area contributed by atoms with Crippen molar-refractivity contribution >= 4 is 5.91 Å². The number of aromatic hydroxyl groups is 1. The van der Waals surface area contributed by atoms with E-state index in [0.717, 1.165) is 12.1 Å². The quantitative estimate of drug-likeness (QED) is 0.384. The minimum Gasteiger partial charge on any atom is -0.494 e. The fourth-order valence-electron chi connectivity index (χ4n) is 5.03. The van der Waals surface area contributed by atoms with Crippen molar-refractivity contribution in [3.05, 3.63) is 93.5 Å². The number of likely N-dealkylation sites (tertiary alicyclic amines) is 1.